The molecule has 2 N–H and O–H groups in total. The van der Waals surface area contributed by atoms with Gasteiger partial charge in [-0.25, -0.2) is 4.99 Å². The Labute approximate surface area is 305 Å². The van der Waals surface area contributed by atoms with Gasteiger partial charge in [0.05, 0.1) is 23.1 Å². The molecule has 0 bridgehead atoms. The van der Waals surface area contributed by atoms with Crippen molar-refractivity contribution in [1.82, 2.24) is 9.13 Å². The maximum Gasteiger partial charge on any atom is 0.157 e. The number of fused-ring (bicyclic) bond motifs is 4. The number of aromatic nitrogens is 2. The van der Waals surface area contributed by atoms with Gasteiger partial charge in [0.15, 0.2) is 5.84 Å². The van der Waals surface area contributed by atoms with Gasteiger partial charge in [0.25, 0.3) is 0 Å². The summed E-state index contributed by atoms with van der Waals surface area (Å²) in [6, 6.07) is 44.6. The number of rotatable bonds is 8. The highest BCUT2D eigenvalue weighted by atomic mass is 15.0. The molecule has 8 rings (SSSR count). The van der Waals surface area contributed by atoms with E-state index in [1.165, 1.54) is 56.5 Å². The molecule has 1 atom stereocenters. The van der Waals surface area contributed by atoms with Gasteiger partial charge in [-0.1, -0.05) is 121 Å². The van der Waals surface area contributed by atoms with Crippen molar-refractivity contribution in [2.24, 2.45) is 15.7 Å². The molecule has 1 aliphatic carbocycles. The van der Waals surface area contributed by atoms with Crippen molar-refractivity contribution in [3.63, 3.8) is 0 Å². The molecule has 2 heterocycles. The highest BCUT2D eigenvalue weighted by Crippen LogP contribution is 2.41. The first-order chi connectivity index (χ1) is 25.6. The van der Waals surface area contributed by atoms with Gasteiger partial charge in [0.2, 0.25) is 0 Å². The number of para-hydroxylation sites is 2. The number of benzene rings is 5. The van der Waals surface area contributed by atoms with Gasteiger partial charge >= 0.3 is 0 Å². The lowest BCUT2D eigenvalue weighted by molar-refractivity contribution is 0.872. The van der Waals surface area contributed by atoms with E-state index in [0.717, 1.165) is 40.6 Å². The van der Waals surface area contributed by atoms with Crippen LogP contribution < -0.4 is 5.73 Å². The summed E-state index contributed by atoms with van der Waals surface area (Å²) in [6.45, 7) is 8.29. The summed E-state index contributed by atoms with van der Waals surface area (Å²) in [7, 11) is 0. The third-order valence-corrected chi connectivity index (χ3v) is 10.1. The smallest absolute Gasteiger partial charge is 0.157 e. The Morgan fingerprint density at radius 3 is 2.27 bits per heavy atom. The second-order valence-electron chi connectivity index (χ2n) is 13.3. The number of amidine groups is 1. The Morgan fingerprint density at radius 2 is 1.50 bits per heavy atom. The van der Waals surface area contributed by atoms with Gasteiger partial charge in [-0.05, 0) is 85.9 Å². The first kappa shape index (κ1) is 32.7. The van der Waals surface area contributed by atoms with Gasteiger partial charge in [-0.2, -0.15) is 0 Å². The van der Waals surface area contributed by atoms with Crippen molar-refractivity contribution in [1.29, 1.82) is 0 Å². The summed E-state index contributed by atoms with van der Waals surface area (Å²) in [4.78, 5) is 9.86. The molecule has 0 radical (unpaired) electrons. The number of hydrogen-bond donors (Lipinski definition) is 1. The molecule has 5 heteroatoms. The van der Waals surface area contributed by atoms with Crippen LogP contribution >= 0.6 is 0 Å². The number of allylic oxidation sites excluding steroid dienone is 3. The van der Waals surface area contributed by atoms with E-state index in [4.69, 9.17) is 10.7 Å². The Balaban J connectivity index is 1.32. The molecule has 2 aromatic heterocycles. The Morgan fingerprint density at radius 1 is 0.750 bits per heavy atom. The fourth-order valence-electron chi connectivity index (χ4n) is 7.77. The molecule has 52 heavy (non-hydrogen) atoms. The fourth-order valence-corrected chi connectivity index (χ4v) is 7.77. The lowest BCUT2D eigenvalue weighted by atomic mass is 9.96. The number of hydrogen-bond acceptors (Lipinski definition) is 1. The summed E-state index contributed by atoms with van der Waals surface area (Å²) in [5.41, 5.74) is 20.0. The number of nitrogens with zero attached hydrogens (tertiary/aromatic N) is 4. The summed E-state index contributed by atoms with van der Waals surface area (Å²) in [5.74, 6) is 0.595. The van der Waals surface area contributed by atoms with Gasteiger partial charge in [-0.3, -0.25) is 4.99 Å². The molecule has 0 saturated heterocycles. The molecule has 1 aliphatic rings. The predicted molar refractivity (Wildman–Crippen MR) is 220 cm³/mol. The molecule has 1 unspecified atom stereocenters. The average molecular weight is 676 g/mol. The highest BCUT2D eigenvalue weighted by Gasteiger charge is 2.25. The van der Waals surface area contributed by atoms with Crippen molar-refractivity contribution in [3.8, 4) is 5.69 Å². The van der Waals surface area contributed by atoms with Crippen LogP contribution in [0.15, 0.2) is 156 Å². The van der Waals surface area contributed by atoms with E-state index in [1.54, 1.807) is 0 Å². The standard InChI is InChI=1S/C47H41N5/c1-4-5-21-39-33(3)51(38-25-26-41-40-22-12-13-23-43(40)52(45(41)30-38)37-19-10-7-11-20-37)44-27-24-35(29-42(39)44)46(34-16-8-6-9-17-34)50-47(49-31-48)36-18-14-15-32(2)28-36/h4-24,27-31,46H,1,25-26H2,2-3H3,(H2,48,49,50)/b21-5-. The quantitative estimate of drug-likeness (QED) is 0.0973. The largest absolute Gasteiger partial charge is 0.390 e. The molecule has 5 nitrogen and oxygen atoms in total. The maximum absolute atomic E-state index is 5.89. The van der Waals surface area contributed by atoms with Crippen LogP contribution in [0.3, 0.4) is 0 Å². The molecule has 0 spiro atoms. The third-order valence-electron chi connectivity index (χ3n) is 10.1. The molecule has 0 saturated carbocycles. The molecule has 7 aromatic rings. The number of aryl methyl sites for hydroxylation is 2. The predicted octanol–water partition coefficient (Wildman–Crippen LogP) is 10.9. The summed E-state index contributed by atoms with van der Waals surface area (Å²) in [6.07, 6.45) is 11.7. The Kier molecular flexibility index (Phi) is 8.84. The van der Waals surface area contributed by atoms with Gasteiger partial charge in [0, 0.05) is 39.0 Å². The molecular weight excluding hydrogens is 635 g/mol. The van der Waals surface area contributed by atoms with Crippen molar-refractivity contribution in [3.05, 3.63) is 191 Å². The maximum atomic E-state index is 5.89. The van der Waals surface area contributed by atoms with Crippen molar-refractivity contribution in [2.45, 2.75) is 32.7 Å². The Hall–Kier alpha value is -6.46. The van der Waals surface area contributed by atoms with Crippen LogP contribution in [0.2, 0.25) is 0 Å². The van der Waals surface area contributed by atoms with Crippen LogP contribution in [0.25, 0.3) is 45.3 Å². The molecule has 0 aliphatic heterocycles. The fraction of sp³-hybridized carbons (Fsp3) is 0.106. The van der Waals surface area contributed by atoms with E-state index in [0.29, 0.717) is 5.84 Å². The first-order valence-electron chi connectivity index (χ1n) is 17.8. The zero-order valence-electron chi connectivity index (χ0n) is 29.6. The van der Waals surface area contributed by atoms with E-state index in [-0.39, 0.29) is 6.04 Å². The van der Waals surface area contributed by atoms with E-state index in [2.05, 4.69) is 156 Å². The van der Waals surface area contributed by atoms with Crippen LogP contribution in [0, 0.1) is 13.8 Å². The van der Waals surface area contributed by atoms with E-state index >= 15 is 0 Å². The SMILES string of the molecule is C=C/C=C\c1c(C)n(C2=Cc3c(c4ccccc4n3-c3ccccc3)CC2)c2ccc(C(/N=C(\N=C/N)c3cccc(C)c3)c3ccccc3)cc12. The van der Waals surface area contributed by atoms with Crippen molar-refractivity contribution >= 4 is 51.8 Å². The second-order valence-corrected chi connectivity index (χ2v) is 13.3. The molecule has 0 amide bonds. The second kappa shape index (κ2) is 14.0. The van der Waals surface area contributed by atoms with E-state index in [9.17, 15) is 0 Å². The minimum Gasteiger partial charge on any atom is -0.390 e. The highest BCUT2D eigenvalue weighted by molar-refractivity contribution is 6.03. The van der Waals surface area contributed by atoms with Crippen molar-refractivity contribution < 1.29 is 0 Å². The van der Waals surface area contributed by atoms with Gasteiger partial charge in [0.1, 0.15) is 6.04 Å². The zero-order valence-corrected chi connectivity index (χ0v) is 29.6. The minimum absolute atomic E-state index is 0.303. The van der Waals surface area contributed by atoms with Crippen LogP contribution in [-0.2, 0) is 6.42 Å². The van der Waals surface area contributed by atoms with Crippen LogP contribution in [0.5, 0.6) is 0 Å². The van der Waals surface area contributed by atoms with Gasteiger partial charge < -0.3 is 14.9 Å². The minimum atomic E-state index is -0.303. The van der Waals surface area contributed by atoms with Crippen LogP contribution in [0.4, 0.5) is 0 Å². The lowest BCUT2D eigenvalue weighted by Gasteiger charge is -2.20. The number of nitrogens with two attached hydrogens (primary N) is 1. The summed E-state index contributed by atoms with van der Waals surface area (Å²) in [5, 5.41) is 2.49. The average Bonchev–Trinajstić information content (AvgIpc) is 3.66. The lowest BCUT2D eigenvalue weighted by Crippen LogP contribution is -2.08. The number of aliphatic imine (C=N–C) groups is 2. The zero-order chi connectivity index (χ0) is 35.6. The Bertz CT molecular complexity index is 2560. The van der Waals surface area contributed by atoms with Gasteiger partial charge in [-0.15, -0.1) is 0 Å². The van der Waals surface area contributed by atoms with E-state index < -0.39 is 0 Å². The van der Waals surface area contributed by atoms with Crippen molar-refractivity contribution in [2.75, 3.05) is 0 Å². The molecule has 5 aromatic carbocycles. The molecular formula is C47H41N5. The van der Waals surface area contributed by atoms with E-state index in [1.807, 2.05) is 30.4 Å². The topological polar surface area (TPSA) is 60.6 Å². The van der Waals surface area contributed by atoms with Crippen LogP contribution in [-0.4, -0.2) is 21.3 Å². The monoisotopic (exact) mass is 675 g/mol. The summed E-state index contributed by atoms with van der Waals surface area (Å²) < 4.78 is 4.87. The molecule has 254 valence electrons. The summed E-state index contributed by atoms with van der Waals surface area (Å²) >= 11 is 0. The van der Waals surface area contributed by atoms with Crippen LogP contribution in [0.1, 0.15) is 57.2 Å². The third kappa shape index (κ3) is 5.90. The molecule has 0 fully saturated rings. The normalized spacial score (nSPS) is 14.0. The first-order valence-corrected chi connectivity index (χ1v) is 17.8.